The Morgan fingerprint density at radius 2 is 2.17 bits per heavy atom. The fourth-order valence-electron chi connectivity index (χ4n) is 2.53. The summed E-state index contributed by atoms with van der Waals surface area (Å²) < 4.78 is 5.48. The number of nitrogens with one attached hydrogen (secondary N) is 1. The molecule has 3 rings (SSSR count). The first-order valence-corrected chi connectivity index (χ1v) is 6.20. The zero-order valence-electron chi connectivity index (χ0n) is 10.0. The lowest BCUT2D eigenvalue weighted by molar-refractivity contribution is 0.461. The van der Waals surface area contributed by atoms with Crippen molar-refractivity contribution >= 4 is 5.69 Å². The van der Waals surface area contributed by atoms with Gasteiger partial charge >= 0.3 is 0 Å². The second-order valence-electron chi connectivity index (χ2n) is 4.55. The molecule has 3 nitrogen and oxygen atoms in total. The van der Waals surface area contributed by atoms with Gasteiger partial charge in [0.25, 0.3) is 0 Å². The molecule has 0 saturated heterocycles. The lowest BCUT2D eigenvalue weighted by Gasteiger charge is -2.24. The normalized spacial score (nSPS) is 17.8. The van der Waals surface area contributed by atoms with Crippen molar-refractivity contribution in [1.82, 2.24) is 0 Å². The third-order valence-corrected chi connectivity index (χ3v) is 3.43. The van der Waals surface area contributed by atoms with Crippen LogP contribution in [0.4, 0.5) is 5.69 Å². The average molecular weight is 238 g/mol. The predicted octanol–water partition coefficient (Wildman–Crippen LogP) is 3.64. The minimum absolute atomic E-state index is 0.252. The molecular weight excluding hydrogens is 224 g/mol. The summed E-state index contributed by atoms with van der Waals surface area (Å²) in [5.41, 5.74) is 2.82. The van der Waals surface area contributed by atoms with Crippen molar-refractivity contribution < 1.29 is 4.42 Å². The third kappa shape index (κ3) is 1.86. The Hall–Kier alpha value is -2.21. The molecule has 0 bridgehead atoms. The van der Waals surface area contributed by atoms with Crippen molar-refractivity contribution in [3.05, 3.63) is 53.5 Å². The first kappa shape index (κ1) is 10.9. The largest absolute Gasteiger partial charge is 0.469 e. The molecule has 1 heterocycles. The molecule has 0 amide bonds. The first-order valence-electron chi connectivity index (χ1n) is 6.20. The number of fused-ring (bicyclic) bond motifs is 1. The Morgan fingerprint density at radius 3 is 3.06 bits per heavy atom. The van der Waals surface area contributed by atoms with Gasteiger partial charge in [-0.15, -0.1) is 0 Å². The SMILES string of the molecule is N#Cc1ccccc1NC1CCCc2occc21. The van der Waals surface area contributed by atoms with E-state index in [1.807, 2.05) is 30.3 Å². The summed E-state index contributed by atoms with van der Waals surface area (Å²) in [6, 6.07) is 12.1. The van der Waals surface area contributed by atoms with Crippen molar-refractivity contribution in [2.24, 2.45) is 0 Å². The molecule has 3 heteroatoms. The molecule has 90 valence electrons. The summed E-state index contributed by atoms with van der Waals surface area (Å²) in [7, 11) is 0. The highest BCUT2D eigenvalue weighted by molar-refractivity contribution is 5.58. The number of para-hydroxylation sites is 1. The maximum absolute atomic E-state index is 9.09. The molecule has 1 aliphatic rings. The zero-order valence-corrected chi connectivity index (χ0v) is 10.0. The Kier molecular flexibility index (Phi) is 2.77. The number of anilines is 1. The minimum Gasteiger partial charge on any atom is -0.469 e. The van der Waals surface area contributed by atoms with Gasteiger partial charge in [-0.2, -0.15) is 5.26 Å². The molecule has 1 aromatic carbocycles. The van der Waals surface area contributed by atoms with E-state index in [2.05, 4.69) is 11.4 Å². The van der Waals surface area contributed by atoms with Gasteiger partial charge < -0.3 is 9.73 Å². The highest BCUT2D eigenvalue weighted by Gasteiger charge is 2.22. The van der Waals surface area contributed by atoms with Crippen molar-refractivity contribution in [3.63, 3.8) is 0 Å². The second kappa shape index (κ2) is 4.58. The molecule has 0 spiro atoms. The molecule has 0 aliphatic heterocycles. The van der Waals surface area contributed by atoms with Crippen molar-refractivity contribution in [2.75, 3.05) is 5.32 Å². The van der Waals surface area contributed by atoms with E-state index in [0.717, 1.165) is 30.7 Å². The summed E-state index contributed by atoms with van der Waals surface area (Å²) in [4.78, 5) is 0. The summed E-state index contributed by atoms with van der Waals surface area (Å²) in [6.45, 7) is 0. The molecule has 18 heavy (non-hydrogen) atoms. The van der Waals surface area contributed by atoms with Crippen LogP contribution in [-0.4, -0.2) is 0 Å². The smallest absolute Gasteiger partial charge is 0.109 e. The number of rotatable bonds is 2. The molecule has 2 aromatic rings. The van der Waals surface area contributed by atoms with Crippen LogP contribution in [0, 0.1) is 11.3 Å². The van der Waals surface area contributed by atoms with Gasteiger partial charge in [0.1, 0.15) is 11.8 Å². The summed E-state index contributed by atoms with van der Waals surface area (Å²) in [5, 5.41) is 12.6. The van der Waals surface area contributed by atoms with E-state index in [1.165, 1.54) is 5.56 Å². The summed E-state index contributed by atoms with van der Waals surface area (Å²) in [6.07, 6.45) is 4.96. The molecule has 0 fully saturated rings. The number of hydrogen-bond donors (Lipinski definition) is 1. The number of nitrogens with zero attached hydrogens (tertiary/aromatic N) is 1. The van der Waals surface area contributed by atoms with Gasteiger partial charge in [0.2, 0.25) is 0 Å². The number of nitriles is 1. The first-order chi connectivity index (χ1) is 8.88. The molecule has 0 radical (unpaired) electrons. The summed E-state index contributed by atoms with van der Waals surface area (Å²) in [5.74, 6) is 1.08. The van der Waals surface area contributed by atoms with Crippen LogP contribution in [0.15, 0.2) is 41.0 Å². The van der Waals surface area contributed by atoms with Crippen LogP contribution >= 0.6 is 0 Å². The van der Waals surface area contributed by atoms with E-state index >= 15 is 0 Å². The fraction of sp³-hybridized carbons (Fsp3) is 0.267. The van der Waals surface area contributed by atoms with E-state index in [4.69, 9.17) is 9.68 Å². The second-order valence-corrected chi connectivity index (χ2v) is 4.55. The van der Waals surface area contributed by atoms with Crippen molar-refractivity contribution in [3.8, 4) is 6.07 Å². The highest BCUT2D eigenvalue weighted by atomic mass is 16.3. The molecule has 1 N–H and O–H groups in total. The van der Waals surface area contributed by atoms with E-state index in [9.17, 15) is 0 Å². The van der Waals surface area contributed by atoms with Crippen LogP contribution < -0.4 is 5.32 Å². The van der Waals surface area contributed by atoms with Gasteiger partial charge in [-0.25, -0.2) is 0 Å². The van der Waals surface area contributed by atoms with Gasteiger partial charge in [0, 0.05) is 12.0 Å². The molecule has 1 aromatic heterocycles. The Balaban J connectivity index is 1.89. The van der Waals surface area contributed by atoms with Crippen LogP contribution in [0.2, 0.25) is 0 Å². The quantitative estimate of drug-likeness (QED) is 0.868. The third-order valence-electron chi connectivity index (χ3n) is 3.43. The van der Waals surface area contributed by atoms with E-state index in [0.29, 0.717) is 5.56 Å². The van der Waals surface area contributed by atoms with Crippen molar-refractivity contribution in [1.29, 1.82) is 5.26 Å². The highest BCUT2D eigenvalue weighted by Crippen LogP contribution is 2.33. The predicted molar refractivity (Wildman–Crippen MR) is 69.2 cm³/mol. The lowest BCUT2D eigenvalue weighted by Crippen LogP contribution is -2.16. The van der Waals surface area contributed by atoms with Gasteiger partial charge in [0.15, 0.2) is 0 Å². The van der Waals surface area contributed by atoms with Crippen LogP contribution in [-0.2, 0) is 6.42 Å². The zero-order chi connectivity index (χ0) is 12.4. The molecular formula is C15H14N2O. The maximum Gasteiger partial charge on any atom is 0.109 e. The molecule has 1 atom stereocenters. The van der Waals surface area contributed by atoms with Crippen LogP contribution in [0.5, 0.6) is 0 Å². The number of aryl methyl sites for hydroxylation is 1. The number of benzene rings is 1. The standard InChI is InChI=1S/C15H14N2O/c16-10-11-4-1-2-5-13(11)17-14-6-3-7-15-12(14)8-9-18-15/h1-2,4-5,8-9,14,17H,3,6-7H2. The van der Waals surface area contributed by atoms with E-state index < -0.39 is 0 Å². The number of hydrogen-bond acceptors (Lipinski definition) is 3. The topological polar surface area (TPSA) is 49.0 Å². The van der Waals surface area contributed by atoms with Gasteiger partial charge in [-0.05, 0) is 31.0 Å². The van der Waals surface area contributed by atoms with Gasteiger partial charge in [-0.1, -0.05) is 12.1 Å². The monoisotopic (exact) mass is 238 g/mol. The van der Waals surface area contributed by atoms with Crippen LogP contribution in [0.1, 0.15) is 35.8 Å². The van der Waals surface area contributed by atoms with E-state index in [-0.39, 0.29) is 6.04 Å². The Morgan fingerprint density at radius 1 is 1.28 bits per heavy atom. The molecule has 1 aliphatic carbocycles. The maximum atomic E-state index is 9.09. The molecule has 1 unspecified atom stereocenters. The van der Waals surface area contributed by atoms with Crippen LogP contribution in [0.3, 0.4) is 0 Å². The van der Waals surface area contributed by atoms with Crippen LogP contribution in [0.25, 0.3) is 0 Å². The van der Waals surface area contributed by atoms with Gasteiger partial charge in [-0.3, -0.25) is 0 Å². The van der Waals surface area contributed by atoms with E-state index in [1.54, 1.807) is 6.26 Å². The molecule has 0 saturated carbocycles. The van der Waals surface area contributed by atoms with Gasteiger partial charge in [0.05, 0.1) is 23.6 Å². The number of furan rings is 1. The average Bonchev–Trinajstić information content (AvgIpc) is 2.89. The Labute approximate surface area is 106 Å². The lowest BCUT2D eigenvalue weighted by atomic mass is 9.93. The minimum atomic E-state index is 0.252. The Bertz CT molecular complexity index is 595. The fourth-order valence-corrected chi connectivity index (χ4v) is 2.53. The summed E-state index contributed by atoms with van der Waals surface area (Å²) >= 11 is 0. The van der Waals surface area contributed by atoms with Crippen molar-refractivity contribution in [2.45, 2.75) is 25.3 Å².